The van der Waals surface area contributed by atoms with E-state index >= 15 is 0 Å². The van der Waals surface area contributed by atoms with Gasteiger partial charge in [-0.15, -0.1) is 0 Å². The van der Waals surface area contributed by atoms with Crippen LogP contribution in [0.5, 0.6) is 5.75 Å². The molecule has 0 bridgehead atoms. The summed E-state index contributed by atoms with van der Waals surface area (Å²) in [6, 6.07) is 5.58. The van der Waals surface area contributed by atoms with E-state index in [0.717, 1.165) is 25.2 Å². The Morgan fingerprint density at radius 2 is 2.43 bits per heavy atom. The van der Waals surface area contributed by atoms with E-state index in [-0.39, 0.29) is 0 Å². The predicted molar refractivity (Wildman–Crippen MR) is 57.9 cm³/mol. The number of nitrogens with one attached hydrogen (secondary N) is 2. The lowest BCUT2D eigenvalue weighted by Gasteiger charge is -2.09. The van der Waals surface area contributed by atoms with Gasteiger partial charge >= 0.3 is 0 Å². The van der Waals surface area contributed by atoms with E-state index in [1.807, 2.05) is 13.1 Å². The smallest absolute Gasteiger partial charge is 0.117 e. The van der Waals surface area contributed by atoms with Gasteiger partial charge in [0, 0.05) is 24.2 Å². The van der Waals surface area contributed by atoms with Crippen LogP contribution in [0.3, 0.4) is 0 Å². The molecular weight excluding hydrogens is 176 g/mol. The van der Waals surface area contributed by atoms with E-state index in [9.17, 15) is 5.11 Å². The molecule has 0 saturated carbocycles. The van der Waals surface area contributed by atoms with Gasteiger partial charge in [-0.05, 0) is 31.6 Å². The number of rotatable bonds is 3. The van der Waals surface area contributed by atoms with Gasteiger partial charge in [-0.1, -0.05) is 6.07 Å². The lowest BCUT2D eigenvalue weighted by molar-refractivity contribution is 0.475. The van der Waals surface area contributed by atoms with Crippen molar-refractivity contribution in [2.45, 2.75) is 12.3 Å². The third-order valence-electron chi connectivity index (χ3n) is 2.76. The number of benzene rings is 1. The molecule has 14 heavy (non-hydrogen) atoms. The fraction of sp³-hybridized carbons (Fsp3) is 0.455. The zero-order valence-electron chi connectivity index (χ0n) is 8.38. The molecule has 3 N–H and O–H groups in total. The highest BCUT2D eigenvalue weighted by atomic mass is 16.3. The van der Waals surface area contributed by atoms with Crippen LogP contribution in [-0.2, 0) is 0 Å². The van der Waals surface area contributed by atoms with E-state index in [2.05, 4.69) is 10.6 Å². The van der Waals surface area contributed by atoms with Crippen molar-refractivity contribution in [3.05, 3.63) is 23.8 Å². The summed E-state index contributed by atoms with van der Waals surface area (Å²) in [6.07, 6.45) is 1.14. The first kappa shape index (κ1) is 9.34. The van der Waals surface area contributed by atoms with Gasteiger partial charge in [0.15, 0.2) is 0 Å². The Morgan fingerprint density at radius 1 is 1.57 bits per heavy atom. The Balaban J connectivity index is 2.14. The van der Waals surface area contributed by atoms with Gasteiger partial charge in [0.25, 0.3) is 0 Å². The molecule has 1 heterocycles. The van der Waals surface area contributed by atoms with Gasteiger partial charge in [0.2, 0.25) is 0 Å². The van der Waals surface area contributed by atoms with Gasteiger partial charge in [0.05, 0.1) is 0 Å². The molecule has 0 spiro atoms. The van der Waals surface area contributed by atoms with Crippen molar-refractivity contribution < 1.29 is 5.11 Å². The fourth-order valence-electron chi connectivity index (χ4n) is 1.97. The average molecular weight is 192 g/mol. The fourth-order valence-corrected chi connectivity index (χ4v) is 1.97. The van der Waals surface area contributed by atoms with Crippen LogP contribution in [0.1, 0.15) is 17.9 Å². The summed E-state index contributed by atoms with van der Waals surface area (Å²) >= 11 is 0. The Morgan fingerprint density at radius 3 is 3.21 bits per heavy atom. The van der Waals surface area contributed by atoms with Crippen molar-refractivity contribution in [1.29, 1.82) is 0 Å². The molecule has 1 atom stereocenters. The minimum absolute atomic E-state index is 0.338. The van der Waals surface area contributed by atoms with Gasteiger partial charge in [-0.25, -0.2) is 0 Å². The molecule has 2 rings (SSSR count). The van der Waals surface area contributed by atoms with Crippen molar-refractivity contribution >= 4 is 5.69 Å². The molecule has 3 heteroatoms. The first-order chi connectivity index (χ1) is 6.81. The van der Waals surface area contributed by atoms with Gasteiger partial charge in [-0.2, -0.15) is 0 Å². The highest BCUT2D eigenvalue weighted by Crippen LogP contribution is 2.35. The maximum absolute atomic E-state index is 9.31. The van der Waals surface area contributed by atoms with Crippen molar-refractivity contribution in [2.75, 3.05) is 25.5 Å². The minimum Gasteiger partial charge on any atom is -0.508 e. The normalized spacial score (nSPS) is 19.1. The minimum atomic E-state index is 0.338. The predicted octanol–water partition coefficient (Wildman–Crippen LogP) is 1.51. The molecule has 0 fully saturated rings. The summed E-state index contributed by atoms with van der Waals surface area (Å²) in [5.74, 6) is 0.920. The molecule has 1 aromatic rings. The number of aromatic hydroxyl groups is 1. The van der Waals surface area contributed by atoms with Gasteiger partial charge < -0.3 is 15.7 Å². The van der Waals surface area contributed by atoms with Crippen LogP contribution in [0.25, 0.3) is 0 Å². The topological polar surface area (TPSA) is 44.3 Å². The molecule has 0 aliphatic carbocycles. The molecular formula is C11H16N2O. The van der Waals surface area contributed by atoms with E-state index in [1.165, 1.54) is 5.56 Å². The maximum Gasteiger partial charge on any atom is 0.117 e. The van der Waals surface area contributed by atoms with E-state index in [1.54, 1.807) is 12.1 Å². The summed E-state index contributed by atoms with van der Waals surface area (Å²) in [4.78, 5) is 0. The number of phenols is 1. The van der Waals surface area contributed by atoms with E-state index in [0.29, 0.717) is 11.7 Å². The Labute approximate surface area is 84.1 Å². The van der Waals surface area contributed by atoms with Crippen LogP contribution >= 0.6 is 0 Å². The molecule has 1 aliphatic rings. The summed E-state index contributed by atoms with van der Waals surface area (Å²) in [7, 11) is 1.97. The lowest BCUT2D eigenvalue weighted by atomic mass is 9.98. The van der Waals surface area contributed by atoms with Crippen molar-refractivity contribution in [1.82, 2.24) is 5.32 Å². The molecule has 0 amide bonds. The van der Waals surface area contributed by atoms with Crippen LogP contribution in [0.4, 0.5) is 5.69 Å². The van der Waals surface area contributed by atoms with E-state index < -0.39 is 0 Å². The number of phenolic OH excluding ortho intramolecular Hbond substituents is 1. The maximum atomic E-state index is 9.31. The zero-order valence-corrected chi connectivity index (χ0v) is 8.38. The molecule has 1 unspecified atom stereocenters. The Bertz CT molecular complexity index is 325. The van der Waals surface area contributed by atoms with Crippen molar-refractivity contribution in [3.8, 4) is 5.75 Å². The largest absolute Gasteiger partial charge is 0.508 e. The lowest BCUT2D eigenvalue weighted by Crippen LogP contribution is -2.13. The third-order valence-corrected chi connectivity index (χ3v) is 2.76. The molecule has 0 radical (unpaired) electrons. The van der Waals surface area contributed by atoms with E-state index in [4.69, 9.17) is 0 Å². The first-order valence-electron chi connectivity index (χ1n) is 5.02. The number of hydrogen-bond acceptors (Lipinski definition) is 3. The highest BCUT2D eigenvalue weighted by Gasteiger charge is 2.21. The number of fused-ring (bicyclic) bond motifs is 1. The Hall–Kier alpha value is -1.22. The van der Waals surface area contributed by atoms with Crippen LogP contribution in [-0.4, -0.2) is 25.2 Å². The first-order valence-corrected chi connectivity index (χ1v) is 5.02. The second-order valence-electron chi connectivity index (χ2n) is 3.74. The third kappa shape index (κ3) is 1.68. The summed E-state index contributed by atoms with van der Waals surface area (Å²) in [6.45, 7) is 2.02. The molecule has 1 aromatic carbocycles. The van der Waals surface area contributed by atoms with Crippen LogP contribution < -0.4 is 10.6 Å². The Kier molecular flexibility index (Phi) is 2.59. The standard InChI is InChI=1S/C11H16N2O/c1-12-5-4-8-7-13-11-6-9(14)2-3-10(8)11/h2-3,6,8,12-14H,4-5,7H2,1H3. The van der Waals surface area contributed by atoms with Gasteiger partial charge in [0.1, 0.15) is 5.75 Å². The average Bonchev–Trinajstić information content (AvgIpc) is 2.57. The number of anilines is 1. The zero-order chi connectivity index (χ0) is 9.97. The second kappa shape index (κ2) is 3.88. The van der Waals surface area contributed by atoms with Crippen LogP contribution in [0.2, 0.25) is 0 Å². The highest BCUT2D eigenvalue weighted by molar-refractivity contribution is 5.60. The second-order valence-corrected chi connectivity index (χ2v) is 3.74. The SMILES string of the molecule is CNCCC1CNc2cc(O)ccc21. The number of hydrogen-bond donors (Lipinski definition) is 3. The summed E-state index contributed by atoms with van der Waals surface area (Å²) < 4.78 is 0. The monoisotopic (exact) mass is 192 g/mol. The van der Waals surface area contributed by atoms with Crippen LogP contribution in [0, 0.1) is 0 Å². The molecule has 1 aliphatic heterocycles. The molecule has 0 saturated heterocycles. The van der Waals surface area contributed by atoms with Gasteiger partial charge in [-0.3, -0.25) is 0 Å². The van der Waals surface area contributed by atoms with Crippen molar-refractivity contribution in [3.63, 3.8) is 0 Å². The molecule has 3 nitrogen and oxygen atoms in total. The van der Waals surface area contributed by atoms with Crippen LogP contribution in [0.15, 0.2) is 18.2 Å². The summed E-state index contributed by atoms with van der Waals surface area (Å²) in [5.41, 5.74) is 2.42. The molecule has 0 aromatic heterocycles. The van der Waals surface area contributed by atoms with Crippen molar-refractivity contribution in [2.24, 2.45) is 0 Å². The molecule has 76 valence electrons. The summed E-state index contributed by atoms with van der Waals surface area (Å²) in [5, 5.41) is 15.8. The quantitative estimate of drug-likeness (QED) is 0.680.